The van der Waals surface area contributed by atoms with Gasteiger partial charge in [-0.05, 0) is 44.0 Å². The summed E-state index contributed by atoms with van der Waals surface area (Å²) in [6, 6.07) is 7.73. The van der Waals surface area contributed by atoms with Gasteiger partial charge in [-0.3, -0.25) is 4.79 Å². The van der Waals surface area contributed by atoms with E-state index in [-0.39, 0.29) is 11.2 Å². The molecule has 4 nitrogen and oxygen atoms in total. The maximum Gasteiger partial charge on any atom is 0.289 e. The lowest BCUT2D eigenvalue weighted by Crippen LogP contribution is -2.25. The van der Waals surface area contributed by atoms with Gasteiger partial charge in [0.15, 0.2) is 0 Å². The molecule has 0 amide bonds. The Balaban J connectivity index is 2.60. The first-order valence-corrected chi connectivity index (χ1v) is 5.98. The van der Waals surface area contributed by atoms with E-state index >= 15 is 0 Å². The van der Waals surface area contributed by atoms with Gasteiger partial charge in [-0.25, -0.2) is 4.68 Å². The van der Waals surface area contributed by atoms with Gasteiger partial charge in [-0.15, -0.1) is 0 Å². The smallest absolute Gasteiger partial charge is 0.289 e. The van der Waals surface area contributed by atoms with Gasteiger partial charge in [0.25, 0.3) is 5.56 Å². The summed E-state index contributed by atoms with van der Waals surface area (Å²) in [6.07, 6.45) is 0. The van der Waals surface area contributed by atoms with Gasteiger partial charge in [-0.1, -0.05) is 12.1 Å². The van der Waals surface area contributed by atoms with Crippen molar-refractivity contribution in [1.29, 1.82) is 0 Å². The number of hydrogen-bond donors (Lipinski definition) is 1. The molecule has 2 aromatic rings. The minimum absolute atomic E-state index is 0.231. The van der Waals surface area contributed by atoms with Crippen molar-refractivity contribution in [3.05, 3.63) is 45.7 Å². The van der Waals surface area contributed by atoms with E-state index in [1.54, 1.807) is 6.07 Å². The van der Waals surface area contributed by atoms with Gasteiger partial charge >= 0.3 is 0 Å². The summed E-state index contributed by atoms with van der Waals surface area (Å²) < 4.78 is 1.39. The predicted octanol–water partition coefficient (Wildman–Crippen LogP) is 2.13. The fourth-order valence-electron chi connectivity index (χ4n) is 1.82. The number of nitrogens with two attached hydrogens (primary N) is 1. The van der Waals surface area contributed by atoms with Crippen LogP contribution in [0, 0.1) is 13.8 Å². The SMILES string of the molecule is CCn1nc(-c2ccc(C)c(C)c2)cc(N)c1=O. The molecule has 4 heteroatoms. The highest BCUT2D eigenvalue weighted by Gasteiger charge is 2.07. The molecule has 2 rings (SSSR count). The number of nitrogens with zero attached hydrogens (tertiary/aromatic N) is 2. The number of anilines is 1. The number of rotatable bonds is 2. The van der Waals surface area contributed by atoms with E-state index in [0.717, 1.165) is 11.3 Å². The fraction of sp³-hybridized carbons (Fsp3) is 0.286. The summed E-state index contributed by atoms with van der Waals surface area (Å²) >= 11 is 0. The third kappa shape index (κ3) is 2.14. The van der Waals surface area contributed by atoms with Crippen molar-refractivity contribution < 1.29 is 0 Å². The topological polar surface area (TPSA) is 60.9 Å². The molecule has 1 aromatic heterocycles. The Kier molecular flexibility index (Phi) is 3.19. The summed E-state index contributed by atoms with van der Waals surface area (Å²) in [7, 11) is 0. The van der Waals surface area contributed by atoms with Crippen LogP contribution in [-0.4, -0.2) is 9.78 Å². The molecule has 1 aromatic carbocycles. The Hall–Kier alpha value is -2.10. The molecule has 94 valence electrons. The normalized spacial score (nSPS) is 10.6. The second-order valence-electron chi connectivity index (χ2n) is 4.40. The van der Waals surface area contributed by atoms with E-state index in [0.29, 0.717) is 6.54 Å². The molecule has 1 heterocycles. The Morgan fingerprint density at radius 2 is 1.94 bits per heavy atom. The summed E-state index contributed by atoms with van der Waals surface area (Å²) in [6.45, 7) is 6.51. The lowest BCUT2D eigenvalue weighted by atomic mass is 10.0. The summed E-state index contributed by atoms with van der Waals surface area (Å²) in [5, 5.41) is 4.32. The highest BCUT2D eigenvalue weighted by Crippen LogP contribution is 2.20. The van der Waals surface area contributed by atoms with Gasteiger partial charge in [0.05, 0.1) is 5.69 Å². The molecule has 0 aliphatic heterocycles. The van der Waals surface area contributed by atoms with Crippen molar-refractivity contribution in [1.82, 2.24) is 9.78 Å². The van der Waals surface area contributed by atoms with Crippen LogP contribution in [0.15, 0.2) is 29.1 Å². The molecule has 0 fully saturated rings. The van der Waals surface area contributed by atoms with Crippen LogP contribution in [0.2, 0.25) is 0 Å². The first-order valence-electron chi connectivity index (χ1n) is 5.98. The van der Waals surface area contributed by atoms with Crippen molar-refractivity contribution in [2.24, 2.45) is 0 Å². The summed E-state index contributed by atoms with van der Waals surface area (Å²) in [4.78, 5) is 11.7. The molecule has 0 atom stereocenters. The van der Waals surface area contributed by atoms with Gasteiger partial charge in [0.2, 0.25) is 0 Å². The van der Waals surface area contributed by atoms with E-state index in [1.165, 1.54) is 15.8 Å². The molecule has 0 aliphatic rings. The van der Waals surface area contributed by atoms with Crippen LogP contribution in [0.3, 0.4) is 0 Å². The number of aryl methyl sites for hydroxylation is 3. The van der Waals surface area contributed by atoms with Crippen LogP contribution >= 0.6 is 0 Å². The largest absolute Gasteiger partial charge is 0.394 e. The Morgan fingerprint density at radius 3 is 2.56 bits per heavy atom. The minimum atomic E-state index is -0.231. The highest BCUT2D eigenvalue weighted by molar-refractivity contribution is 5.63. The number of nitrogen functional groups attached to an aromatic ring is 1. The van der Waals surface area contributed by atoms with Crippen LogP contribution in [-0.2, 0) is 6.54 Å². The molecule has 0 bridgehead atoms. The zero-order valence-electron chi connectivity index (χ0n) is 10.9. The van der Waals surface area contributed by atoms with E-state index in [2.05, 4.69) is 25.0 Å². The van der Waals surface area contributed by atoms with Crippen molar-refractivity contribution in [2.75, 3.05) is 5.73 Å². The first-order chi connectivity index (χ1) is 8.52. The zero-order chi connectivity index (χ0) is 13.3. The third-order valence-electron chi connectivity index (χ3n) is 3.10. The van der Waals surface area contributed by atoms with E-state index < -0.39 is 0 Å². The van der Waals surface area contributed by atoms with Gasteiger partial charge in [-0.2, -0.15) is 5.10 Å². The van der Waals surface area contributed by atoms with Crippen LogP contribution in [0.5, 0.6) is 0 Å². The predicted molar refractivity (Wildman–Crippen MR) is 73.5 cm³/mol. The monoisotopic (exact) mass is 243 g/mol. The van der Waals surface area contributed by atoms with Crippen LogP contribution in [0.1, 0.15) is 18.1 Å². The fourth-order valence-corrected chi connectivity index (χ4v) is 1.82. The van der Waals surface area contributed by atoms with Gasteiger partial charge < -0.3 is 5.73 Å². The van der Waals surface area contributed by atoms with Crippen molar-refractivity contribution >= 4 is 5.69 Å². The molecular formula is C14H17N3O. The van der Waals surface area contributed by atoms with Crippen LogP contribution in [0.25, 0.3) is 11.3 Å². The maximum absolute atomic E-state index is 11.7. The highest BCUT2D eigenvalue weighted by atomic mass is 16.1. The average molecular weight is 243 g/mol. The summed E-state index contributed by atoms with van der Waals surface area (Å²) in [5.41, 5.74) is 9.87. The first kappa shape index (κ1) is 12.4. The van der Waals surface area contributed by atoms with Crippen LogP contribution < -0.4 is 11.3 Å². The number of benzene rings is 1. The molecule has 18 heavy (non-hydrogen) atoms. The standard InChI is InChI=1S/C14H17N3O/c1-4-17-14(18)12(15)8-13(16-17)11-6-5-9(2)10(3)7-11/h5-8H,4,15H2,1-3H3. The van der Waals surface area contributed by atoms with Gasteiger partial charge in [0.1, 0.15) is 5.69 Å². The molecular weight excluding hydrogens is 226 g/mol. The third-order valence-corrected chi connectivity index (χ3v) is 3.10. The Morgan fingerprint density at radius 1 is 1.22 bits per heavy atom. The second kappa shape index (κ2) is 4.64. The Labute approximate surface area is 106 Å². The quantitative estimate of drug-likeness (QED) is 0.879. The molecule has 0 radical (unpaired) electrons. The molecule has 0 saturated heterocycles. The Bertz CT molecular complexity index is 644. The lowest BCUT2D eigenvalue weighted by molar-refractivity contribution is 0.621. The number of aromatic nitrogens is 2. The molecule has 0 aliphatic carbocycles. The number of hydrogen-bond acceptors (Lipinski definition) is 3. The van der Waals surface area contributed by atoms with E-state index in [4.69, 9.17) is 5.73 Å². The van der Waals surface area contributed by atoms with Crippen LogP contribution in [0.4, 0.5) is 5.69 Å². The molecule has 0 saturated carbocycles. The molecule has 2 N–H and O–H groups in total. The van der Waals surface area contributed by atoms with Crippen molar-refractivity contribution in [2.45, 2.75) is 27.3 Å². The second-order valence-corrected chi connectivity index (χ2v) is 4.40. The van der Waals surface area contributed by atoms with E-state index in [9.17, 15) is 4.79 Å². The lowest BCUT2D eigenvalue weighted by Gasteiger charge is -2.08. The van der Waals surface area contributed by atoms with Crippen molar-refractivity contribution in [3.8, 4) is 11.3 Å². The molecule has 0 unspecified atom stereocenters. The zero-order valence-corrected chi connectivity index (χ0v) is 10.9. The average Bonchev–Trinajstić information content (AvgIpc) is 2.36. The minimum Gasteiger partial charge on any atom is -0.394 e. The maximum atomic E-state index is 11.7. The van der Waals surface area contributed by atoms with Gasteiger partial charge in [0, 0.05) is 12.1 Å². The molecule has 0 spiro atoms. The van der Waals surface area contributed by atoms with E-state index in [1.807, 2.05) is 19.1 Å². The summed E-state index contributed by atoms with van der Waals surface area (Å²) in [5.74, 6) is 0. The van der Waals surface area contributed by atoms with Crippen molar-refractivity contribution in [3.63, 3.8) is 0 Å².